The van der Waals surface area contributed by atoms with Crippen LogP contribution >= 0.6 is 0 Å². The van der Waals surface area contributed by atoms with Crippen molar-refractivity contribution in [1.82, 2.24) is 9.80 Å². The van der Waals surface area contributed by atoms with Gasteiger partial charge in [0.05, 0.1) is 19.3 Å². The summed E-state index contributed by atoms with van der Waals surface area (Å²) < 4.78 is 11.3. The predicted octanol–water partition coefficient (Wildman–Crippen LogP) is 1.36. The standard InChI is InChI=1S/C21H30N2O4/c1-26-20-4-2-3-16-11-15(14-27-21(16)20)12-22-8-7-18(19(25)13-22)23-9-5-17(24)6-10-23/h2-4,11,17-19,24-25H,5-10,12-14H2,1H3/t18-,19-/m1/s1. The molecule has 2 N–H and O–H groups in total. The number of methoxy groups -OCH3 is 1. The number of aliphatic hydroxyl groups excluding tert-OH is 2. The molecule has 0 spiro atoms. The van der Waals surface area contributed by atoms with Gasteiger partial charge in [-0.25, -0.2) is 0 Å². The van der Waals surface area contributed by atoms with Crippen molar-refractivity contribution in [3.63, 3.8) is 0 Å². The fourth-order valence-electron chi connectivity index (χ4n) is 4.54. The number of ether oxygens (including phenoxy) is 2. The molecule has 0 amide bonds. The zero-order valence-electron chi connectivity index (χ0n) is 16.0. The van der Waals surface area contributed by atoms with Gasteiger partial charge in [0.2, 0.25) is 0 Å². The number of fused-ring (bicyclic) bond motifs is 1. The molecule has 4 rings (SSSR count). The Morgan fingerprint density at radius 3 is 2.70 bits per heavy atom. The van der Waals surface area contributed by atoms with Crippen LogP contribution in [0.5, 0.6) is 11.5 Å². The van der Waals surface area contributed by atoms with E-state index in [4.69, 9.17) is 9.47 Å². The van der Waals surface area contributed by atoms with E-state index in [1.165, 1.54) is 5.57 Å². The summed E-state index contributed by atoms with van der Waals surface area (Å²) in [6.45, 7) is 4.82. The summed E-state index contributed by atoms with van der Waals surface area (Å²) in [4.78, 5) is 4.68. The van der Waals surface area contributed by atoms with E-state index in [1.54, 1.807) is 7.11 Å². The number of piperidine rings is 2. The van der Waals surface area contributed by atoms with Gasteiger partial charge in [0.1, 0.15) is 6.61 Å². The van der Waals surface area contributed by atoms with Crippen LogP contribution in [0.3, 0.4) is 0 Å². The number of likely N-dealkylation sites (tertiary alicyclic amines) is 2. The second-order valence-electron chi connectivity index (χ2n) is 7.90. The number of nitrogens with zero attached hydrogens (tertiary/aromatic N) is 2. The van der Waals surface area contributed by atoms with E-state index in [2.05, 4.69) is 15.9 Å². The molecular formula is C21H30N2O4. The molecule has 0 radical (unpaired) electrons. The largest absolute Gasteiger partial charge is 0.493 e. The minimum Gasteiger partial charge on any atom is -0.493 e. The Balaban J connectivity index is 1.35. The lowest BCUT2D eigenvalue weighted by Crippen LogP contribution is -2.56. The monoisotopic (exact) mass is 374 g/mol. The number of benzene rings is 1. The van der Waals surface area contributed by atoms with Gasteiger partial charge in [-0.2, -0.15) is 0 Å². The molecule has 1 aromatic carbocycles. The lowest BCUT2D eigenvalue weighted by atomic mass is 9.96. The molecule has 0 aliphatic carbocycles. The molecule has 3 aliphatic heterocycles. The third-order valence-electron chi connectivity index (χ3n) is 6.02. The highest BCUT2D eigenvalue weighted by atomic mass is 16.5. The van der Waals surface area contributed by atoms with Gasteiger partial charge in [0.25, 0.3) is 0 Å². The molecule has 2 atom stereocenters. The van der Waals surface area contributed by atoms with Gasteiger partial charge < -0.3 is 19.7 Å². The lowest BCUT2D eigenvalue weighted by molar-refractivity contribution is -0.0322. The van der Waals surface area contributed by atoms with Crippen molar-refractivity contribution in [3.8, 4) is 11.5 Å². The molecule has 0 saturated carbocycles. The average molecular weight is 374 g/mol. The van der Waals surface area contributed by atoms with Crippen LogP contribution in [0.1, 0.15) is 24.8 Å². The van der Waals surface area contributed by atoms with E-state index in [-0.39, 0.29) is 18.2 Å². The van der Waals surface area contributed by atoms with Crippen molar-refractivity contribution in [1.29, 1.82) is 0 Å². The minimum atomic E-state index is -0.341. The summed E-state index contributed by atoms with van der Waals surface area (Å²) >= 11 is 0. The minimum absolute atomic E-state index is 0.168. The maximum Gasteiger partial charge on any atom is 0.168 e. The number of β-amino-alcohol motifs (C(OH)–C–C–N with tert-alkyl or cyclic N) is 1. The van der Waals surface area contributed by atoms with Crippen molar-refractivity contribution >= 4 is 6.08 Å². The van der Waals surface area contributed by atoms with E-state index in [0.29, 0.717) is 13.2 Å². The third kappa shape index (κ3) is 4.14. The normalized spacial score (nSPS) is 27.6. The number of aliphatic hydroxyl groups is 2. The first kappa shape index (κ1) is 18.7. The number of hydrogen-bond acceptors (Lipinski definition) is 6. The Kier molecular flexibility index (Phi) is 5.68. The zero-order chi connectivity index (χ0) is 18.8. The molecule has 27 heavy (non-hydrogen) atoms. The Hall–Kier alpha value is -1.60. The highest BCUT2D eigenvalue weighted by Crippen LogP contribution is 2.35. The molecule has 0 aromatic heterocycles. The van der Waals surface area contributed by atoms with E-state index in [1.807, 2.05) is 18.2 Å². The summed E-state index contributed by atoms with van der Waals surface area (Å²) in [7, 11) is 1.66. The highest BCUT2D eigenvalue weighted by molar-refractivity contribution is 5.66. The first-order valence-corrected chi connectivity index (χ1v) is 9.96. The van der Waals surface area contributed by atoms with Crippen LogP contribution in [0.25, 0.3) is 6.08 Å². The predicted molar refractivity (Wildman–Crippen MR) is 104 cm³/mol. The number of rotatable bonds is 4. The molecule has 6 nitrogen and oxygen atoms in total. The van der Waals surface area contributed by atoms with Gasteiger partial charge >= 0.3 is 0 Å². The van der Waals surface area contributed by atoms with Crippen molar-refractivity contribution in [2.24, 2.45) is 0 Å². The van der Waals surface area contributed by atoms with E-state index in [9.17, 15) is 10.2 Å². The Labute approximate surface area is 161 Å². The second-order valence-corrected chi connectivity index (χ2v) is 7.90. The van der Waals surface area contributed by atoms with Crippen molar-refractivity contribution in [2.75, 3.05) is 46.4 Å². The Morgan fingerprint density at radius 2 is 1.96 bits per heavy atom. The van der Waals surface area contributed by atoms with Crippen molar-refractivity contribution < 1.29 is 19.7 Å². The van der Waals surface area contributed by atoms with Crippen molar-refractivity contribution in [2.45, 2.75) is 37.5 Å². The average Bonchev–Trinajstić information content (AvgIpc) is 2.68. The number of para-hydroxylation sites is 1. The fraction of sp³-hybridized carbons (Fsp3) is 0.619. The molecule has 3 aliphatic rings. The van der Waals surface area contributed by atoms with E-state index in [0.717, 1.165) is 62.5 Å². The van der Waals surface area contributed by atoms with Crippen LogP contribution in [0.4, 0.5) is 0 Å². The maximum atomic E-state index is 10.7. The lowest BCUT2D eigenvalue weighted by Gasteiger charge is -2.44. The quantitative estimate of drug-likeness (QED) is 0.830. The van der Waals surface area contributed by atoms with Gasteiger partial charge in [0, 0.05) is 44.3 Å². The van der Waals surface area contributed by atoms with Crippen LogP contribution in [-0.2, 0) is 0 Å². The van der Waals surface area contributed by atoms with Crippen molar-refractivity contribution in [3.05, 3.63) is 29.3 Å². The molecule has 0 unspecified atom stereocenters. The first-order valence-electron chi connectivity index (χ1n) is 9.96. The van der Waals surface area contributed by atoms with Gasteiger partial charge in [-0.1, -0.05) is 12.1 Å². The molecule has 1 aromatic rings. The number of hydrogen-bond donors (Lipinski definition) is 2. The van der Waals surface area contributed by atoms with Gasteiger partial charge in [-0.15, -0.1) is 0 Å². The highest BCUT2D eigenvalue weighted by Gasteiger charge is 2.34. The maximum absolute atomic E-state index is 10.7. The molecular weight excluding hydrogens is 344 g/mol. The summed E-state index contributed by atoms with van der Waals surface area (Å²) in [5.41, 5.74) is 2.28. The molecule has 6 heteroatoms. The molecule has 148 valence electrons. The molecule has 0 bridgehead atoms. The fourth-order valence-corrected chi connectivity index (χ4v) is 4.54. The van der Waals surface area contributed by atoms with Gasteiger partial charge in [-0.3, -0.25) is 9.80 Å². The van der Waals surface area contributed by atoms with Gasteiger partial charge in [-0.05, 0) is 37.0 Å². The second kappa shape index (κ2) is 8.19. The van der Waals surface area contributed by atoms with Crippen LogP contribution in [0.2, 0.25) is 0 Å². The van der Waals surface area contributed by atoms with Crippen LogP contribution in [0, 0.1) is 0 Å². The molecule has 2 saturated heterocycles. The molecule has 2 fully saturated rings. The Bertz CT molecular complexity index is 685. The topological polar surface area (TPSA) is 65.4 Å². The van der Waals surface area contributed by atoms with E-state index >= 15 is 0 Å². The first-order chi connectivity index (χ1) is 13.1. The zero-order valence-corrected chi connectivity index (χ0v) is 16.0. The summed E-state index contributed by atoms with van der Waals surface area (Å²) in [6.07, 6.45) is 4.28. The summed E-state index contributed by atoms with van der Waals surface area (Å²) in [6, 6.07) is 6.15. The smallest absolute Gasteiger partial charge is 0.168 e. The van der Waals surface area contributed by atoms with Crippen LogP contribution < -0.4 is 9.47 Å². The van der Waals surface area contributed by atoms with E-state index < -0.39 is 0 Å². The van der Waals surface area contributed by atoms with Crippen LogP contribution in [0.15, 0.2) is 23.8 Å². The molecule has 3 heterocycles. The summed E-state index contributed by atoms with van der Waals surface area (Å²) in [5, 5.41) is 20.4. The third-order valence-corrected chi connectivity index (χ3v) is 6.02. The van der Waals surface area contributed by atoms with Crippen LogP contribution in [-0.4, -0.2) is 84.7 Å². The summed E-state index contributed by atoms with van der Waals surface area (Å²) in [5.74, 6) is 1.58. The SMILES string of the molecule is COc1cccc2c1OCC(CN1CC[C@@H](N3CCC(O)CC3)[C@H](O)C1)=C2. The Morgan fingerprint density at radius 1 is 1.15 bits per heavy atom. The van der Waals surface area contributed by atoms with Gasteiger partial charge in [0.15, 0.2) is 11.5 Å².